The minimum Gasteiger partial charge on any atom is -0.497 e. The van der Waals surface area contributed by atoms with Gasteiger partial charge in [-0.05, 0) is 123 Å². The summed E-state index contributed by atoms with van der Waals surface area (Å²) >= 11 is 5.72. The predicted molar refractivity (Wildman–Crippen MR) is 379 cm³/mol. The maximum atomic E-state index is 10.3. The number of hydrogen-bond acceptors (Lipinski definition) is 3. The Labute approximate surface area is 671 Å². The van der Waals surface area contributed by atoms with Gasteiger partial charge in [-0.3, -0.25) is 10.1 Å². The monoisotopic (exact) mass is 2370 g/mol. The standard InChI is InChI=1S/C10H14O.C9H11Cl.C9H11NO2.C9H12.C8H16.C7H14.C7H16.C6H14.C5H12.C3H7.C2H6Si.CH4.5U/c1-8(2)9-4-6-10(11-3)7-5-9;1-7(2)8-3-5-9(10)6-4-8;1-7(2)8-3-5-9(6-4-8)10(11)12;1-8(2)9-6-4-3-5-7-9;1-8(2)6-4-3-5-7-8;1-7(2)5-3-4-6-7;1-5-7(3,4)6-2;1-5-6(2,3)4;1-5(2,3)4;2*1-3-2;;;;;;/h4-8H,1-3H3;3-7H,1-2H3;3-7H,1-2H3;3-8H,1-2H3;3-7H2,1-2H3;3-6H2,1-2H3;5-6H2,1-4H3;5H2,1-4H3;1-4H3;3H,1-2H3;1-2H3;1H4;;;;;/q;;;;;;;;;-1;;;;;;;. The first-order valence-corrected chi connectivity index (χ1v) is 33.7. The summed E-state index contributed by atoms with van der Waals surface area (Å²) in [6, 6.07) is 33.4. The number of nitrogens with zero attached hydrogens (tertiary/aromatic N) is 1. The van der Waals surface area contributed by atoms with Gasteiger partial charge in [0.05, 0.1) is 12.0 Å². The molecule has 11 heteroatoms. The molecule has 0 aromatic heterocycles. The molecule has 87 heavy (non-hydrogen) atoms. The van der Waals surface area contributed by atoms with Crippen molar-refractivity contribution >= 4 is 26.8 Å². The van der Waals surface area contributed by atoms with Crippen LogP contribution in [0.15, 0.2) is 103 Å². The number of methoxy groups -OCH3 is 1. The molecule has 4 aromatic carbocycles. The number of ether oxygens (including phenoxy) is 1. The second-order valence-electron chi connectivity index (χ2n) is 28.2. The van der Waals surface area contributed by atoms with Crippen LogP contribution in [0.25, 0.3) is 0 Å². The number of nitro benzene ring substituents is 1. The SMILES string of the molecule is C.CC(C)(C)C.CC(C)c1ccc(Cl)cc1.CC(C)c1ccc([N+](=O)[O-])cc1.CC(C)c1ccccc1.CC1(C)CCCC1.CC1(C)CCCCC1.CCC(C)(C)C.CCC(C)(C)CC.COc1ccc(C(C)C)cc1.C[CH-]C.C[Si]C.[U].[U].[U].[U].[U]. The summed E-state index contributed by atoms with van der Waals surface area (Å²) in [5.74, 6) is 3.20. The van der Waals surface area contributed by atoms with Crippen molar-refractivity contribution in [3.63, 3.8) is 0 Å². The average molecular weight is 2370 g/mol. The fraction of sp³-hybridized carbons (Fsp3) is 0.671. The van der Waals surface area contributed by atoms with Gasteiger partial charge in [0, 0.05) is 182 Å². The van der Waals surface area contributed by atoms with Crippen molar-refractivity contribution in [2.75, 3.05) is 7.11 Å². The molecule has 0 bridgehead atoms. The Hall–Kier alpha value is 1.85. The van der Waals surface area contributed by atoms with Gasteiger partial charge in [-0.25, -0.2) is 0 Å². The maximum absolute atomic E-state index is 10.3. The minimum atomic E-state index is -0.385. The maximum Gasteiger partial charge on any atom is 0.269 e. The molecule has 0 spiro atoms. The van der Waals surface area contributed by atoms with E-state index in [9.17, 15) is 10.1 Å². The topological polar surface area (TPSA) is 52.4 Å². The molecule has 2 aliphatic carbocycles. The Kier molecular flexibility index (Phi) is 86.4. The molecule has 2 fully saturated rings. The van der Waals surface area contributed by atoms with Crippen LogP contribution in [0.4, 0.5) is 5.69 Å². The first-order chi connectivity index (χ1) is 37.3. The number of halogens is 1. The van der Waals surface area contributed by atoms with Crippen molar-refractivity contribution in [1.29, 1.82) is 0 Å². The third-order valence-corrected chi connectivity index (χ3v) is 13.9. The van der Waals surface area contributed by atoms with E-state index in [0.717, 1.165) is 25.9 Å². The van der Waals surface area contributed by atoms with Crippen LogP contribution in [0.2, 0.25) is 18.1 Å². The predicted octanol–water partition coefficient (Wildman–Crippen LogP) is 27.4. The fourth-order valence-electron chi connectivity index (χ4n) is 6.75. The number of non-ortho nitro benzene ring substituents is 1. The Bertz CT molecular complexity index is 1980. The van der Waals surface area contributed by atoms with Gasteiger partial charge < -0.3 is 11.2 Å². The third-order valence-electron chi connectivity index (χ3n) is 13.7. The number of nitro groups is 1. The molecule has 0 N–H and O–H groups in total. The van der Waals surface area contributed by atoms with E-state index in [2.05, 4.69) is 228 Å². The molecule has 0 aliphatic heterocycles. The molecule has 0 unspecified atom stereocenters. The van der Waals surface area contributed by atoms with E-state index in [-0.39, 0.29) is 174 Å². The van der Waals surface area contributed by atoms with Crippen LogP contribution >= 0.6 is 11.6 Å². The summed E-state index contributed by atoms with van der Waals surface area (Å²) in [4.78, 5) is 9.90. The van der Waals surface area contributed by atoms with Crippen LogP contribution in [0, 0.1) is 199 Å². The first-order valence-electron chi connectivity index (χ1n) is 31.3. The van der Waals surface area contributed by atoms with Crippen LogP contribution in [0.3, 0.4) is 0 Å². The van der Waals surface area contributed by atoms with Crippen molar-refractivity contribution in [1.82, 2.24) is 0 Å². The molecular formula is C76H137ClNO3SiU5-. The van der Waals surface area contributed by atoms with Gasteiger partial charge in [-0.1, -0.05) is 316 Å². The molecule has 2 saturated carbocycles. The molecule has 4 aromatic rings. The smallest absolute Gasteiger partial charge is 0.269 e. The number of benzene rings is 4. The van der Waals surface area contributed by atoms with Gasteiger partial charge in [0.1, 0.15) is 5.75 Å². The van der Waals surface area contributed by atoms with Crippen molar-refractivity contribution in [2.24, 2.45) is 27.1 Å². The molecule has 496 valence electrons. The van der Waals surface area contributed by atoms with E-state index in [1.165, 1.54) is 106 Å². The Morgan fingerprint density at radius 1 is 0.517 bits per heavy atom. The second-order valence-corrected chi connectivity index (χ2v) is 29.6. The number of rotatable bonds is 8. The first kappa shape index (κ1) is 113. The molecule has 0 amide bonds. The summed E-state index contributed by atoms with van der Waals surface area (Å²) in [6.07, 6.45) is 19.0. The summed E-state index contributed by atoms with van der Waals surface area (Å²) in [6.45, 7) is 61.8. The second kappa shape index (κ2) is 66.5. The summed E-state index contributed by atoms with van der Waals surface area (Å²) < 4.78 is 5.05. The van der Waals surface area contributed by atoms with Gasteiger partial charge >= 0.3 is 0 Å². The molecule has 6 rings (SSSR count). The molecule has 2 radical (unpaired) electrons. The normalized spacial score (nSPS) is 12.7. The summed E-state index contributed by atoms with van der Waals surface area (Å²) in [5, 5.41) is 11.1. The zero-order chi connectivity index (χ0) is 64.1. The van der Waals surface area contributed by atoms with E-state index in [4.69, 9.17) is 16.3 Å². The van der Waals surface area contributed by atoms with Crippen LogP contribution < -0.4 is 4.74 Å². The fourth-order valence-corrected chi connectivity index (χ4v) is 6.87. The van der Waals surface area contributed by atoms with Gasteiger partial charge in [0.2, 0.25) is 0 Å². The van der Waals surface area contributed by atoms with Crippen LogP contribution in [0.1, 0.15) is 310 Å². The van der Waals surface area contributed by atoms with Crippen molar-refractivity contribution in [3.05, 3.63) is 147 Å². The molecule has 0 heterocycles. The average Bonchev–Trinajstić information content (AvgIpc) is 3.81. The Morgan fingerprint density at radius 3 is 0.931 bits per heavy atom. The molecule has 4 nitrogen and oxygen atoms in total. The largest absolute Gasteiger partial charge is 0.497 e. The minimum absolute atomic E-state index is 0. The van der Waals surface area contributed by atoms with Crippen LogP contribution in [0.5, 0.6) is 5.75 Å². The van der Waals surface area contributed by atoms with Gasteiger partial charge in [0.15, 0.2) is 0 Å². The quantitative estimate of drug-likeness (QED) is 0.0765. The van der Waals surface area contributed by atoms with Crippen LogP contribution in [-0.2, 0) is 0 Å². The van der Waals surface area contributed by atoms with E-state index in [1.807, 2.05) is 50.6 Å². The Morgan fingerprint density at radius 2 is 0.759 bits per heavy atom. The summed E-state index contributed by atoms with van der Waals surface area (Å²) in [5.41, 5.74) is 8.38. The van der Waals surface area contributed by atoms with Gasteiger partial charge in [-0.2, -0.15) is 13.8 Å². The zero-order valence-electron chi connectivity index (χ0n) is 61.2. The van der Waals surface area contributed by atoms with Crippen molar-refractivity contribution in [2.45, 2.75) is 301 Å². The van der Waals surface area contributed by atoms with E-state index >= 15 is 0 Å². The third kappa shape index (κ3) is 80.2. The summed E-state index contributed by atoms with van der Waals surface area (Å²) in [7, 11) is 2.77. The van der Waals surface area contributed by atoms with E-state index in [1.54, 1.807) is 19.2 Å². The van der Waals surface area contributed by atoms with E-state index in [0.29, 0.717) is 50.7 Å². The van der Waals surface area contributed by atoms with Gasteiger partial charge in [-0.15, -0.1) is 0 Å². The van der Waals surface area contributed by atoms with Crippen LogP contribution in [-0.4, -0.2) is 21.6 Å². The molecule has 0 saturated heterocycles. The number of hydrogen-bond donors (Lipinski definition) is 0. The van der Waals surface area contributed by atoms with Crippen molar-refractivity contribution in [3.8, 4) is 5.75 Å². The molecule has 2 aliphatic rings. The van der Waals surface area contributed by atoms with Crippen molar-refractivity contribution < 1.29 is 165 Å². The zero-order valence-corrected chi connectivity index (χ0v) is 83.8. The van der Waals surface area contributed by atoms with Gasteiger partial charge in [0.25, 0.3) is 5.69 Å². The Balaban J connectivity index is -0.0000000821. The molecule has 0 atom stereocenters. The van der Waals surface area contributed by atoms with E-state index < -0.39 is 0 Å². The molecular weight excluding hydrogens is 2230 g/mol.